The number of nitrogens with zero attached hydrogens (tertiary/aromatic N) is 2. The van der Waals surface area contributed by atoms with Gasteiger partial charge in [0.2, 0.25) is 0 Å². The maximum absolute atomic E-state index is 12.9. The number of aromatic nitrogens is 2. The van der Waals surface area contributed by atoms with Crippen molar-refractivity contribution in [1.82, 2.24) is 15.0 Å². The smallest absolute Gasteiger partial charge is 0.258 e. The first-order valence-corrected chi connectivity index (χ1v) is 8.92. The average Bonchev–Trinajstić information content (AvgIpc) is 3.15. The Bertz CT molecular complexity index is 1240. The number of benzene rings is 2. The number of carbonyl (C=O) groups is 1. The van der Waals surface area contributed by atoms with Crippen molar-refractivity contribution in [3.8, 4) is 11.1 Å². The van der Waals surface area contributed by atoms with Crippen LogP contribution in [0.25, 0.3) is 21.9 Å². The van der Waals surface area contributed by atoms with Crippen molar-refractivity contribution in [3.05, 3.63) is 88.2 Å². The highest BCUT2D eigenvalue weighted by molar-refractivity contribution is 5.94. The molecular weight excluding hydrogens is 354 g/mol. The van der Waals surface area contributed by atoms with Crippen LogP contribution in [0, 0.1) is 6.92 Å². The van der Waals surface area contributed by atoms with Gasteiger partial charge < -0.3 is 14.4 Å². The zero-order valence-corrected chi connectivity index (χ0v) is 15.6. The van der Waals surface area contributed by atoms with Crippen LogP contribution in [-0.4, -0.2) is 22.7 Å². The summed E-state index contributed by atoms with van der Waals surface area (Å²) in [4.78, 5) is 24.7. The lowest BCUT2D eigenvalue weighted by molar-refractivity contribution is 0.0963. The first-order chi connectivity index (χ1) is 13.6. The lowest BCUT2D eigenvalue weighted by Crippen LogP contribution is -2.21. The zero-order valence-electron chi connectivity index (χ0n) is 15.6. The third-order valence-corrected chi connectivity index (χ3v) is 4.81. The second-order valence-electron chi connectivity index (χ2n) is 6.63. The molecule has 4 rings (SSSR count). The summed E-state index contributed by atoms with van der Waals surface area (Å²) in [5.74, 6) is 0.591. The van der Waals surface area contributed by atoms with E-state index in [1.54, 1.807) is 36.1 Å². The van der Waals surface area contributed by atoms with Gasteiger partial charge in [0.25, 0.3) is 11.5 Å². The number of hydrogen-bond donors (Lipinski definition) is 1. The van der Waals surface area contributed by atoms with Gasteiger partial charge in [-0.3, -0.25) is 9.59 Å². The number of carbonyl (C=O) groups excluding carboxylic acids is 1. The molecule has 140 valence electrons. The van der Waals surface area contributed by atoms with Gasteiger partial charge >= 0.3 is 0 Å². The van der Waals surface area contributed by atoms with Crippen molar-refractivity contribution in [2.45, 2.75) is 13.5 Å². The van der Waals surface area contributed by atoms with E-state index in [4.69, 9.17) is 4.52 Å². The zero-order chi connectivity index (χ0) is 19.7. The van der Waals surface area contributed by atoms with E-state index in [1.807, 2.05) is 43.3 Å². The van der Waals surface area contributed by atoms with Crippen LogP contribution in [-0.2, 0) is 6.54 Å². The Balaban J connectivity index is 1.70. The normalized spacial score (nSPS) is 10.9. The standard InChI is InChI=1S/C22H19N3O3/c1-14-20(12-24-28-14)16-6-7-19-17(11-16)8-9-25(22(19)27)13-15-4-3-5-18(10-15)21(26)23-2/h3-12H,13H2,1-2H3,(H,23,26). The molecule has 0 atom stereocenters. The fourth-order valence-electron chi connectivity index (χ4n) is 3.31. The van der Waals surface area contributed by atoms with Crippen LogP contribution in [0.1, 0.15) is 21.7 Å². The van der Waals surface area contributed by atoms with E-state index in [2.05, 4.69) is 10.5 Å². The number of hydrogen-bond acceptors (Lipinski definition) is 4. The molecule has 0 radical (unpaired) electrons. The predicted octanol–water partition coefficient (Wildman–Crippen LogP) is 3.37. The highest BCUT2D eigenvalue weighted by Crippen LogP contribution is 2.25. The van der Waals surface area contributed by atoms with Crippen molar-refractivity contribution in [2.75, 3.05) is 7.05 Å². The van der Waals surface area contributed by atoms with Gasteiger partial charge in [-0.1, -0.05) is 23.4 Å². The molecule has 1 N–H and O–H groups in total. The lowest BCUT2D eigenvalue weighted by Gasteiger charge is -2.09. The summed E-state index contributed by atoms with van der Waals surface area (Å²) in [6.07, 6.45) is 3.46. The van der Waals surface area contributed by atoms with Crippen LogP contribution < -0.4 is 10.9 Å². The van der Waals surface area contributed by atoms with Crippen LogP contribution >= 0.6 is 0 Å². The predicted molar refractivity (Wildman–Crippen MR) is 107 cm³/mol. The van der Waals surface area contributed by atoms with E-state index in [1.165, 1.54) is 0 Å². The maximum Gasteiger partial charge on any atom is 0.258 e. The van der Waals surface area contributed by atoms with E-state index in [0.29, 0.717) is 17.5 Å². The van der Waals surface area contributed by atoms with Gasteiger partial charge in [0, 0.05) is 29.8 Å². The molecule has 2 aromatic carbocycles. The summed E-state index contributed by atoms with van der Waals surface area (Å²) >= 11 is 0. The number of aryl methyl sites for hydroxylation is 1. The molecular formula is C22H19N3O3. The first-order valence-electron chi connectivity index (χ1n) is 8.92. The molecule has 0 fully saturated rings. The summed E-state index contributed by atoms with van der Waals surface area (Å²) in [5.41, 5.74) is 3.26. The molecule has 1 amide bonds. The fraction of sp³-hybridized carbons (Fsp3) is 0.136. The molecule has 0 bridgehead atoms. The molecule has 0 unspecified atom stereocenters. The van der Waals surface area contributed by atoms with Gasteiger partial charge in [0.1, 0.15) is 5.76 Å². The van der Waals surface area contributed by atoms with Crippen molar-refractivity contribution < 1.29 is 9.32 Å². The summed E-state index contributed by atoms with van der Waals surface area (Å²) in [6, 6.07) is 14.9. The Morgan fingerprint density at radius 3 is 2.79 bits per heavy atom. The minimum atomic E-state index is -0.149. The molecule has 0 aliphatic heterocycles. The summed E-state index contributed by atoms with van der Waals surface area (Å²) in [5, 5.41) is 7.92. The number of amides is 1. The SMILES string of the molecule is CNC(=O)c1cccc(Cn2ccc3cc(-c4cnoc4C)ccc3c2=O)c1. The highest BCUT2D eigenvalue weighted by Gasteiger charge is 2.10. The molecule has 4 aromatic rings. The van der Waals surface area contributed by atoms with Gasteiger partial charge in [-0.25, -0.2) is 0 Å². The number of fused-ring (bicyclic) bond motifs is 1. The Morgan fingerprint density at radius 1 is 1.18 bits per heavy atom. The van der Waals surface area contributed by atoms with Crippen molar-refractivity contribution in [3.63, 3.8) is 0 Å². The minimum Gasteiger partial charge on any atom is -0.361 e. The van der Waals surface area contributed by atoms with Crippen LogP contribution in [0.5, 0.6) is 0 Å². The first kappa shape index (κ1) is 17.7. The van der Waals surface area contributed by atoms with Gasteiger partial charge in [-0.2, -0.15) is 0 Å². The molecule has 6 nitrogen and oxygen atoms in total. The summed E-state index contributed by atoms with van der Waals surface area (Å²) < 4.78 is 6.78. The van der Waals surface area contributed by atoms with Gasteiger partial charge in [-0.15, -0.1) is 0 Å². The Labute approximate surface area is 161 Å². The number of nitrogens with one attached hydrogen (secondary N) is 1. The molecule has 6 heteroatoms. The topological polar surface area (TPSA) is 77.1 Å². The Kier molecular flexibility index (Phi) is 4.53. The van der Waals surface area contributed by atoms with E-state index >= 15 is 0 Å². The lowest BCUT2D eigenvalue weighted by atomic mass is 10.0. The largest absolute Gasteiger partial charge is 0.361 e. The van der Waals surface area contributed by atoms with Crippen LogP contribution in [0.3, 0.4) is 0 Å². The molecule has 2 aromatic heterocycles. The molecule has 0 saturated heterocycles. The van der Waals surface area contributed by atoms with E-state index < -0.39 is 0 Å². The quantitative estimate of drug-likeness (QED) is 0.595. The molecule has 0 aliphatic carbocycles. The molecule has 28 heavy (non-hydrogen) atoms. The van der Waals surface area contributed by atoms with Crippen molar-refractivity contribution >= 4 is 16.7 Å². The fourth-order valence-corrected chi connectivity index (χ4v) is 3.31. The number of rotatable bonds is 4. The Morgan fingerprint density at radius 2 is 2.04 bits per heavy atom. The molecule has 0 saturated carbocycles. The third-order valence-electron chi connectivity index (χ3n) is 4.81. The van der Waals surface area contributed by atoms with E-state index in [-0.39, 0.29) is 11.5 Å². The number of pyridine rings is 1. The highest BCUT2D eigenvalue weighted by atomic mass is 16.5. The van der Waals surface area contributed by atoms with Gasteiger partial charge in [0.05, 0.1) is 12.7 Å². The molecule has 0 spiro atoms. The van der Waals surface area contributed by atoms with Crippen molar-refractivity contribution in [2.24, 2.45) is 0 Å². The van der Waals surface area contributed by atoms with Gasteiger partial charge in [-0.05, 0) is 53.8 Å². The monoisotopic (exact) mass is 373 g/mol. The van der Waals surface area contributed by atoms with Crippen molar-refractivity contribution in [1.29, 1.82) is 0 Å². The second kappa shape index (κ2) is 7.15. The molecule has 0 aliphatic rings. The van der Waals surface area contributed by atoms with Gasteiger partial charge in [0.15, 0.2) is 0 Å². The second-order valence-corrected chi connectivity index (χ2v) is 6.63. The van der Waals surface area contributed by atoms with E-state index in [0.717, 1.165) is 27.8 Å². The van der Waals surface area contributed by atoms with Crippen LogP contribution in [0.15, 0.2) is 70.2 Å². The van der Waals surface area contributed by atoms with Crippen LogP contribution in [0.2, 0.25) is 0 Å². The average molecular weight is 373 g/mol. The third kappa shape index (κ3) is 3.20. The van der Waals surface area contributed by atoms with E-state index in [9.17, 15) is 9.59 Å². The summed E-state index contributed by atoms with van der Waals surface area (Å²) in [7, 11) is 1.60. The minimum absolute atomic E-state index is 0.0727. The molecule has 2 heterocycles. The summed E-state index contributed by atoms with van der Waals surface area (Å²) in [6.45, 7) is 2.25. The Hall–Kier alpha value is -3.67. The maximum atomic E-state index is 12.9. The van der Waals surface area contributed by atoms with Crippen LogP contribution in [0.4, 0.5) is 0 Å².